The van der Waals surface area contributed by atoms with Crippen molar-refractivity contribution in [3.63, 3.8) is 0 Å². The van der Waals surface area contributed by atoms with Crippen molar-refractivity contribution >= 4 is 37.4 Å². The summed E-state index contributed by atoms with van der Waals surface area (Å²) in [7, 11) is -8.63. The molecule has 0 saturated heterocycles. The highest BCUT2D eigenvalue weighted by Crippen LogP contribution is 2.47. The van der Waals surface area contributed by atoms with E-state index < -0.39 is 54.5 Å². The number of nitrogens with zero attached hydrogens (tertiary/aromatic N) is 4. The summed E-state index contributed by atoms with van der Waals surface area (Å²) < 4.78 is 91.2. The van der Waals surface area contributed by atoms with Crippen molar-refractivity contribution < 1.29 is 39.6 Å². The zero-order valence-corrected chi connectivity index (χ0v) is 20.8. The van der Waals surface area contributed by atoms with Gasteiger partial charge in [-0.1, -0.05) is 6.07 Å². The van der Waals surface area contributed by atoms with Crippen LogP contribution in [-0.4, -0.2) is 50.5 Å². The van der Waals surface area contributed by atoms with E-state index in [1.807, 2.05) is 0 Å². The summed E-state index contributed by atoms with van der Waals surface area (Å²) in [4.78, 5) is 30.2. The monoisotopic (exact) mass is 554 g/mol. The minimum absolute atomic E-state index is 0.0527. The first-order chi connectivity index (χ1) is 17.1. The summed E-state index contributed by atoms with van der Waals surface area (Å²) in [5, 5.41) is 9.22. The molecule has 1 aliphatic heterocycles. The number of Topliss-reactive ketones (excluding diaryl/α,β-unsaturated/α-hetero) is 1. The van der Waals surface area contributed by atoms with Gasteiger partial charge in [-0.15, -0.1) is 0 Å². The molecule has 2 amide bonds. The molecule has 4 rings (SSSR count). The van der Waals surface area contributed by atoms with Gasteiger partial charge in [0.1, 0.15) is 11.7 Å². The number of allylic oxidation sites excluding steroid dienone is 1. The quantitative estimate of drug-likeness (QED) is 0.561. The maximum atomic E-state index is 13.7. The van der Waals surface area contributed by atoms with E-state index in [-0.39, 0.29) is 45.2 Å². The van der Waals surface area contributed by atoms with Gasteiger partial charge >= 0.3 is 12.2 Å². The number of aromatic nitrogens is 1. The van der Waals surface area contributed by atoms with Crippen LogP contribution in [0, 0.1) is 11.3 Å². The summed E-state index contributed by atoms with van der Waals surface area (Å²) in [6.45, 7) is 0. The fraction of sp³-hybridized carbons (Fsp3) is 0.273. The van der Waals surface area contributed by atoms with Crippen molar-refractivity contribution in [2.24, 2.45) is 0 Å². The van der Waals surface area contributed by atoms with Gasteiger partial charge in [0.15, 0.2) is 15.6 Å². The molecule has 0 fully saturated rings. The number of nitriles is 1. The first-order valence-corrected chi connectivity index (χ1v) is 14.2. The van der Waals surface area contributed by atoms with Gasteiger partial charge in [-0.05, 0) is 36.2 Å². The number of hydrogen-bond donors (Lipinski definition) is 0. The number of carbonyl (C=O) groups excluding carboxylic acids is 2. The van der Waals surface area contributed by atoms with Gasteiger partial charge in [0.2, 0.25) is 10.0 Å². The Morgan fingerprint density at radius 3 is 2.30 bits per heavy atom. The fourth-order valence-corrected chi connectivity index (χ4v) is 6.31. The number of anilines is 1. The molecule has 10 nitrogen and oxygen atoms in total. The second kappa shape index (κ2) is 8.67. The summed E-state index contributed by atoms with van der Waals surface area (Å²) in [5.74, 6) is -0.611. The molecule has 194 valence electrons. The fourth-order valence-electron chi connectivity index (χ4n) is 4.39. The number of rotatable bonds is 4. The Balaban J connectivity index is 2.06. The summed E-state index contributed by atoms with van der Waals surface area (Å²) in [6, 6.07) is 3.72. The third-order valence-electron chi connectivity index (χ3n) is 5.84. The number of pyridine rings is 1. The Labute approximate surface area is 209 Å². The Hall–Kier alpha value is -3.77. The van der Waals surface area contributed by atoms with Crippen molar-refractivity contribution in [2.45, 2.75) is 30.0 Å². The van der Waals surface area contributed by atoms with Gasteiger partial charge in [0.25, 0.3) is 0 Å². The maximum absolute atomic E-state index is 13.7. The molecule has 37 heavy (non-hydrogen) atoms. The number of halogens is 3. The van der Waals surface area contributed by atoms with E-state index in [9.17, 15) is 44.9 Å². The Bertz CT molecular complexity index is 1640. The highest BCUT2D eigenvalue weighted by Gasteiger charge is 2.50. The standard InChI is InChI=1S/C22H17F3N4O6S2/c1-36(32,33)17-9-12(11-26)3-4-14(17)20-19-15(5-6-16(19)30)28(21(31)29(20)37(2,34)35)13-7-8-27-18(10-13)22(23,24)25/h3-4,7-10,20H,5-6H2,1-2H3/t20-/m1/s1. The van der Waals surface area contributed by atoms with Crippen LogP contribution in [0.2, 0.25) is 0 Å². The zero-order valence-electron chi connectivity index (χ0n) is 19.1. The molecule has 0 bridgehead atoms. The normalized spacial score (nSPS) is 18.8. The lowest BCUT2D eigenvalue weighted by atomic mass is 9.94. The number of sulfone groups is 1. The van der Waals surface area contributed by atoms with Crippen molar-refractivity contribution in [1.29, 1.82) is 5.26 Å². The summed E-state index contributed by atoms with van der Waals surface area (Å²) in [5.41, 5.74) is -2.32. The maximum Gasteiger partial charge on any atom is 0.433 e. The minimum atomic E-state index is -4.87. The van der Waals surface area contributed by atoms with Crippen molar-refractivity contribution in [2.75, 3.05) is 17.4 Å². The predicted molar refractivity (Wildman–Crippen MR) is 122 cm³/mol. The van der Waals surface area contributed by atoms with Gasteiger partial charge in [-0.3, -0.25) is 14.7 Å². The number of ketones is 1. The van der Waals surface area contributed by atoms with Crippen LogP contribution in [0.4, 0.5) is 23.7 Å². The van der Waals surface area contributed by atoms with Gasteiger partial charge in [0, 0.05) is 30.1 Å². The van der Waals surface area contributed by atoms with E-state index in [0.29, 0.717) is 17.2 Å². The second-order valence-corrected chi connectivity index (χ2v) is 12.2. The number of sulfonamides is 1. The van der Waals surface area contributed by atoms with Gasteiger partial charge in [-0.25, -0.2) is 25.9 Å². The summed E-state index contributed by atoms with van der Waals surface area (Å²) >= 11 is 0. The molecular weight excluding hydrogens is 537 g/mol. The zero-order chi connectivity index (χ0) is 27.5. The average molecular weight is 555 g/mol. The lowest BCUT2D eigenvalue weighted by Gasteiger charge is -2.41. The topological polar surface area (TPSA) is 146 Å². The smallest absolute Gasteiger partial charge is 0.294 e. The molecular formula is C22H17F3N4O6S2. The third kappa shape index (κ3) is 4.58. The third-order valence-corrected chi connectivity index (χ3v) is 8.08. The van der Waals surface area contributed by atoms with Crippen LogP contribution < -0.4 is 4.90 Å². The Kier molecular flexibility index (Phi) is 6.16. The van der Waals surface area contributed by atoms with Crippen LogP contribution in [0.3, 0.4) is 0 Å². The number of benzene rings is 1. The molecule has 0 unspecified atom stereocenters. The van der Waals surface area contributed by atoms with E-state index in [4.69, 9.17) is 0 Å². The second-order valence-electron chi connectivity index (χ2n) is 8.40. The van der Waals surface area contributed by atoms with Crippen molar-refractivity contribution in [3.8, 4) is 6.07 Å². The van der Waals surface area contributed by atoms with Crippen molar-refractivity contribution in [3.05, 3.63) is 64.6 Å². The van der Waals surface area contributed by atoms with E-state index in [1.54, 1.807) is 6.07 Å². The summed E-state index contributed by atoms with van der Waals surface area (Å²) in [6.07, 6.45) is -2.91. The molecule has 1 aromatic carbocycles. The van der Waals surface area contributed by atoms with Crippen LogP contribution in [0.15, 0.2) is 52.7 Å². The van der Waals surface area contributed by atoms with Crippen LogP contribution in [0.1, 0.15) is 35.7 Å². The number of hydrogen-bond acceptors (Lipinski definition) is 8. The van der Waals surface area contributed by atoms with E-state index in [2.05, 4.69) is 4.98 Å². The van der Waals surface area contributed by atoms with Crippen LogP contribution in [0.25, 0.3) is 0 Å². The molecule has 15 heteroatoms. The number of amides is 2. The molecule has 1 aliphatic carbocycles. The van der Waals surface area contributed by atoms with Crippen LogP contribution >= 0.6 is 0 Å². The first-order valence-electron chi connectivity index (χ1n) is 10.4. The lowest BCUT2D eigenvalue weighted by Crippen LogP contribution is -2.52. The molecule has 0 N–H and O–H groups in total. The highest BCUT2D eigenvalue weighted by molar-refractivity contribution is 7.90. The minimum Gasteiger partial charge on any atom is -0.294 e. The van der Waals surface area contributed by atoms with Gasteiger partial charge in [-0.2, -0.15) is 18.4 Å². The van der Waals surface area contributed by atoms with Gasteiger partial charge in [0.05, 0.1) is 28.5 Å². The molecule has 1 atom stereocenters. The van der Waals surface area contributed by atoms with E-state index in [1.165, 1.54) is 6.07 Å². The van der Waals surface area contributed by atoms with Crippen LogP contribution in [-0.2, 0) is 30.8 Å². The largest absolute Gasteiger partial charge is 0.433 e. The predicted octanol–water partition coefficient (Wildman–Crippen LogP) is 2.94. The average Bonchev–Trinajstić information content (AvgIpc) is 3.17. The molecule has 0 spiro atoms. The van der Waals surface area contributed by atoms with E-state index in [0.717, 1.165) is 30.7 Å². The van der Waals surface area contributed by atoms with Gasteiger partial charge < -0.3 is 0 Å². The SMILES string of the molecule is CS(=O)(=O)c1cc(C#N)ccc1[C@@H]1C2=C(CCC2=O)N(c2ccnc(C(F)(F)F)c2)C(=O)N1S(C)(=O)=O. The number of urea groups is 1. The highest BCUT2D eigenvalue weighted by atomic mass is 32.2. The van der Waals surface area contributed by atoms with E-state index >= 15 is 0 Å². The first kappa shape index (κ1) is 26.3. The molecule has 0 radical (unpaired) electrons. The number of alkyl halides is 3. The van der Waals surface area contributed by atoms with Crippen LogP contribution in [0.5, 0.6) is 0 Å². The molecule has 2 aliphatic rings. The Morgan fingerprint density at radius 1 is 1.05 bits per heavy atom. The molecule has 0 saturated carbocycles. The molecule has 1 aromatic heterocycles. The Morgan fingerprint density at radius 2 is 1.73 bits per heavy atom. The molecule has 2 heterocycles. The number of carbonyl (C=O) groups is 2. The van der Waals surface area contributed by atoms with Crippen molar-refractivity contribution in [1.82, 2.24) is 9.29 Å². The molecule has 2 aromatic rings. The lowest BCUT2D eigenvalue weighted by molar-refractivity contribution is -0.141.